The minimum absolute atomic E-state index is 0.0109. The Morgan fingerprint density at radius 1 is 1.19 bits per heavy atom. The van der Waals surface area contributed by atoms with Crippen LogP contribution in [0.2, 0.25) is 0 Å². The molecule has 2 aromatic rings. The summed E-state index contributed by atoms with van der Waals surface area (Å²) in [5.41, 5.74) is 2.44. The molecular formula is C19H26N4O3. The van der Waals surface area contributed by atoms with E-state index in [4.69, 9.17) is 14.5 Å². The Labute approximate surface area is 153 Å². The van der Waals surface area contributed by atoms with Crippen molar-refractivity contribution in [3.8, 4) is 11.8 Å². The topological polar surface area (TPSA) is 80.3 Å². The molecule has 1 aliphatic rings. The first-order valence-corrected chi connectivity index (χ1v) is 8.74. The Bertz CT molecular complexity index is 855. The Morgan fingerprint density at radius 2 is 1.96 bits per heavy atom. The van der Waals surface area contributed by atoms with E-state index in [2.05, 4.69) is 14.9 Å². The van der Waals surface area contributed by atoms with Gasteiger partial charge in [0.25, 0.3) is 5.56 Å². The van der Waals surface area contributed by atoms with Crippen molar-refractivity contribution < 1.29 is 9.47 Å². The number of nitrogens with one attached hydrogen (secondary N) is 1. The number of hydrogen-bond acceptors (Lipinski definition) is 6. The van der Waals surface area contributed by atoms with Crippen molar-refractivity contribution >= 4 is 0 Å². The van der Waals surface area contributed by atoms with Crippen molar-refractivity contribution in [1.29, 1.82) is 0 Å². The van der Waals surface area contributed by atoms with E-state index in [9.17, 15) is 4.79 Å². The van der Waals surface area contributed by atoms with Crippen LogP contribution >= 0.6 is 0 Å². The molecule has 0 aliphatic carbocycles. The van der Waals surface area contributed by atoms with Crippen LogP contribution in [-0.4, -0.2) is 40.6 Å². The maximum Gasteiger partial charge on any atom is 0.254 e. The van der Waals surface area contributed by atoms with Gasteiger partial charge in [0.2, 0.25) is 11.8 Å². The number of nitrogens with zero attached hydrogens (tertiary/aromatic N) is 3. The quantitative estimate of drug-likeness (QED) is 0.901. The van der Waals surface area contributed by atoms with Crippen LogP contribution in [0.25, 0.3) is 0 Å². The summed E-state index contributed by atoms with van der Waals surface area (Å²) in [5, 5.41) is 0. The van der Waals surface area contributed by atoms with Crippen LogP contribution in [-0.2, 0) is 24.9 Å². The summed E-state index contributed by atoms with van der Waals surface area (Å²) in [5.74, 6) is 1.81. The van der Waals surface area contributed by atoms with E-state index < -0.39 is 0 Å². The second-order valence-electron chi connectivity index (χ2n) is 7.57. The van der Waals surface area contributed by atoms with Crippen molar-refractivity contribution in [2.24, 2.45) is 0 Å². The van der Waals surface area contributed by atoms with Gasteiger partial charge < -0.3 is 14.5 Å². The number of ether oxygens (including phenoxy) is 2. The van der Waals surface area contributed by atoms with E-state index in [1.54, 1.807) is 14.2 Å². The molecule has 0 amide bonds. The van der Waals surface area contributed by atoms with E-state index in [1.807, 2.05) is 32.9 Å². The van der Waals surface area contributed by atoms with E-state index >= 15 is 0 Å². The first-order chi connectivity index (χ1) is 12.3. The second-order valence-corrected chi connectivity index (χ2v) is 7.57. The zero-order valence-electron chi connectivity index (χ0n) is 16.0. The van der Waals surface area contributed by atoms with E-state index in [1.165, 1.54) is 0 Å². The Morgan fingerprint density at radius 3 is 2.62 bits per heavy atom. The fourth-order valence-electron chi connectivity index (χ4n) is 3.09. The number of fused-ring (bicyclic) bond motifs is 1. The average Bonchev–Trinajstić information content (AvgIpc) is 2.61. The summed E-state index contributed by atoms with van der Waals surface area (Å²) in [6, 6.07) is 3.79. The fourth-order valence-corrected chi connectivity index (χ4v) is 3.09. The molecule has 0 atom stereocenters. The highest BCUT2D eigenvalue weighted by molar-refractivity contribution is 5.31. The van der Waals surface area contributed by atoms with Gasteiger partial charge in [0.1, 0.15) is 5.82 Å². The van der Waals surface area contributed by atoms with E-state index in [-0.39, 0.29) is 11.0 Å². The van der Waals surface area contributed by atoms with Crippen molar-refractivity contribution in [3.63, 3.8) is 0 Å². The summed E-state index contributed by atoms with van der Waals surface area (Å²) in [4.78, 5) is 26.7. The van der Waals surface area contributed by atoms with E-state index in [0.29, 0.717) is 31.3 Å². The van der Waals surface area contributed by atoms with Crippen molar-refractivity contribution in [1.82, 2.24) is 19.9 Å². The van der Waals surface area contributed by atoms with Gasteiger partial charge in [0, 0.05) is 42.2 Å². The molecule has 0 saturated carbocycles. The van der Waals surface area contributed by atoms with Crippen LogP contribution in [0, 0.1) is 0 Å². The van der Waals surface area contributed by atoms with Gasteiger partial charge in [-0.15, -0.1) is 0 Å². The lowest BCUT2D eigenvalue weighted by Crippen LogP contribution is -2.36. The van der Waals surface area contributed by atoms with Crippen LogP contribution in [0.1, 0.15) is 43.4 Å². The molecule has 3 rings (SSSR count). The minimum atomic E-state index is -0.195. The highest BCUT2D eigenvalue weighted by Crippen LogP contribution is 2.25. The number of hydrogen-bond donors (Lipinski definition) is 1. The normalized spacial score (nSPS) is 14.8. The molecule has 0 unspecified atom stereocenters. The number of aromatic amines is 1. The molecule has 0 spiro atoms. The predicted octanol–water partition coefficient (Wildman–Crippen LogP) is 2.04. The molecule has 1 aliphatic heterocycles. The summed E-state index contributed by atoms with van der Waals surface area (Å²) in [6.07, 6.45) is 0.688. The number of H-pyrrole nitrogens is 1. The van der Waals surface area contributed by atoms with Crippen molar-refractivity contribution in [3.05, 3.63) is 45.1 Å². The van der Waals surface area contributed by atoms with Crippen molar-refractivity contribution in [2.45, 2.75) is 45.7 Å². The second kappa shape index (κ2) is 7.07. The molecule has 26 heavy (non-hydrogen) atoms. The maximum absolute atomic E-state index is 12.4. The van der Waals surface area contributed by atoms with Crippen LogP contribution in [0.5, 0.6) is 11.8 Å². The molecule has 0 bridgehead atoms. The van der Waals surface area contributed by atoms with Gasteiger partial charge in [-0.05, 0) is 12.5 Å². The summed E-state index contributed by atoms with van der Waals surface area (Å²) in [7, 11) is 3.19. The third-order valence-corrected chi connectivity index (χ3v) is 4.57. The summed E-state index contributed by atoms with van der Waals surface area (Å²) >= 11 is 0. The van der Waals surface area contributed by atoms with Gasteiger partial charge >= 0.3 is 0 Å². The van der Waals surface area contributed by atoms with Crippen LogP contribution in [0.3, 0.4) is 0 Å². The van der Waals surface area contributed by atoms with Crippen LogP contribution in [0.4, 0.5) is 0 Å². The van der Waals surface area contributed by atoms with Gasteiger partial charge in [0.05, 0.1) is 19.9 Å². The highest BCUT2D eigenvalue weighted by Gasteiger charge is 2.25. The predicted molar refractivity (Wildman–Crippen MR) is 98.7 cm³/mol. The number of methoxy groups -OCH3 is 2. The lowest BCUT2D eigenvalue weighted by Gasteiger charge is -2.29. The molecule has 140 valence electrons. The lowest BCUT2D eigenvalue weighted by molar-refractivity contribution is 0.234. The first kappa shape index (κ1) is 18.4. The molecule has 3 heterocycles. The number of rotatable bonds is 4. The number of aromatic nitrogens is 3. The fraction of sp³-hybridized carbons (Fsp3) is 0.526. The smallest absolute Gasteiger partial charge is 0.254 e. The zero-order chi connectivity index (χ0) is 18.9. The van der Waals surface area contributed by atoms with Gasteiger partial charge in [-0.25, -0.2) is 4.98 Å². The van der Waals surface area contributed by atoms with Gasteiger partial charge in [-0.1, -0.05) is 20.8 Å². The summed E-state index contributed by atoms with van der Waals surface area (Å²) < 4.78 is 10.5. The molecule has 1 N–H and O–H groups in total. The highest BCUT2D eigenvalue weighted by atomic mass is 16.5. The standard InChI is InChI=1S/C19H26N4O3/c1-19(2,3)18-20-14-11-23(9-8-13(14)16(24)22-18)10-12-6-7-15(25-4)21-17(12)26-5/h6-7H,8-11H2,1-5H3,(H,20,22,24). The SMILES string of the molecule is COc1ccc(CN2CCc3c(nc(C(C)(C)C)[nH]c3=O)C2)c(OC)n1. The maximum atomic E-state index is 12.4. The van der Waals surface area contributed by atoms with Gasteiger partial charge in [-0.3, -0.25) is 9.69 Å². The van der Waals surface area contributed by atoms with Crippen LogP contribution in [0.15, 0.2) is 16.9 Å². The van der Waals surface area contributed by atoms with Crippen LogP contribution < -0.4 is 15.0 Å². The third-order valence-electron chi connectivity index (χ3n) is 4.57. The molecule has 0 radical (unpaired) electrons. The lowest BCUT2D eigenvalue weighted by atomic mass is 9.95. The Kier molecular flexibility index (Phi) is 5.00. The molecular weight excluding hydrogens is 332 g/mol. The average molecular weight is 358 g/mol. The monoisotopic (exact) mass is 358 g/mol. The number of pyridine rings is 1. The van der Waals surface area contributed by atoms with Crippen molar-refractivity contribution in [2.75, 3.05) is 20.8 Å². The van der Waals surface area contributed by atoms with E-state index in [0.717, 1.165) is 29.2 Å². The first-order valence-electron chi connectivity index (χ1n) is 8.74. The molecule has 0 aromatic carbocycles. The molecule has 7 nitrogen and oxygen atoms in total. The Balaban J connectivity index is 1.85. The molecule has 2 aromatic heterocycles. The largest absolute Gasteiger partial charge is 0.481 e. The Hall–Kier alpha value is -2.41. The summed E-state index contributed by atoms with van der Waals surface area (Å²) in [6.45, 7) is 8.25. The molecule has 7 heteroatoms. The van der Waals surface area contributed by atoms with Gasteiger partial charge in [0.15, 0.2) is 0 Å². The minimum Gasteiger partial charge on any atom is -0.481 e. The third kappa shape index (κ3) is 3.72. The molecule has 0 fully saturated rings. The molecule has 0 saturated heterocycles. The van der Waals surface area contributed by atoms with Gasteiger partial charge in [-0.2, -0.15) is 4.98 Å². The zero-order valence-corrected chi connectivity index (χ0v) is 16.0.